The first kappa shape index (κ1) is 12.3. The molecule has 0 unspecified atom stereocenters. The summed E-state index contributed by atoms with van der Waals surface area (Å²) in [5.74, 6) is -0.394. The molecule has 0 amide bonds. The van der Waals surface area contributed by atoms with E-state index in [9.17, 15) is 9.90 Å². The molecular formula is C13H11N2O2S-. The normalized spacial score (nSPS) is 10.2. The van der Waals surface area contributed by atoms with Crippen LogP contribution in [0, 0.1) is 4.77 Å². The minimum atomic E-state index is -0.462. The lowest BCUT2D eigenvalue weighted by Crippen LogP contribution is -2.20. The van der Waals surface area contributed by atoms with Gasteiger partial charge >= 0.3 is 0 Å². The molecule has 1 N–H and O–H groups in total. The molecule has 0 radical (unpaired) electrons. The Bertz CT molecular complexity index is 686. The quantitative estimate of drug-likeness (QED) is 0.675. The van der Waals surface area contributed by atoms with Crippen molar-refractivity contribution in [3.05, 3.63) is 58.1 Å². The fraction of sp³-hybridized carbons (Fsp3) is 0.0769. The zero-order chi connectivity index (χ0) is 13.1. The highest BCUT2D eigenvalue weighted by atomic mass is 32.1. The van der Waals surface area contributed by atoms with Crippen molar-refractivity contribution in [1.82, 2.24) is 9.55 Å². The number of nitrogens with zero attached hydrogens (tertiary/aromatic N) is 1. The van der Waals surface area contributed by atoms with Gasteiger partial charge in [0.1, 0.15) is 0 Å². The molecule has 0 atom stereocenters. The van der Waals surface area contributed by atoms with Crippen molar-refractivity contribution >= 4 is 12.2 Å². The third-order valence-electron chi connectivity index (χ3n) is 2.53. The van der Waals surface area contributed by atoms with E-state index in [0.29, 0.717) is 5.56 Å². The lowest BCUT2D eigenvalue weighted by Gasteiger charge is -2.19. The van der Waals surface area contributed by atoms with Gasteiger partial charge < -0.3 is 9.67 Å². The standard InChI is InChI=1S/C13H12N2O2S/c1-2-8-15-12(17)10(11(16)14-13(15)18)9-6-4-3-5-7-9/h2-7,17H,1,8H2,(H,14,16,18)/p-1. The molecule has 0 fully saturated rings. The first-order chi connectivity index (χ1) is 8.65. The first-order valence-electron chi connectivity index (χ1n) is 5.35. The predicted octanol–water partition coefficient (Wildman–Crippen LogP) is 1.83. The van der Waals surface area contributed by atoms with Crippen molar-refractivity contribution in [3.63, 3.8) is 0 Å². The fourth-order valence-corrected chi connectivity index (χ4v) is 1.96. The zero-order valence-electron chi connectivity index (χ0n) is 9.55. The first-order valence-corrected chi connectivity index (χ1v) is 5.76. The molecule has 2 aromatic rings. The monoisotopic (exact) mass is 259 g/mol. The van der Waals surface area contributed by atoms with Gasteiger partial charge in [-0.05, 0) is 23.7 Å². The molecule has 1 heterocycles. The topological polar surface area (TPSA) is 60.9 Å². The molecular weight excluding hydrogens is 248 g/mol. The Morgan fingerprint density at radius 1 is 1.39 bits per heavy atom. The van der Waals surface area contributed by atoms with Crippen LogP contribution in [0.2, 0.25) is 0 Å². The minimum absolute atomic E-state index is 0.103. The van der Waals surface area contributed by atoms with E-state index in [0.717, 1.165) is 0 Å². The maximum absolute atomic E-state index is 12.2. The van der Waals surface area contributed by atoms with E-state index in [-0.39, 0.29) is 16.9 Å². The Morgan fingerprint density at radius 2 is 2.06 bits per heavy atom. The number of benzene rings is 1. The van der Waals surface area contributed by atoms with Gasteiger partial charge in [-0.3, -0.25) is 9.78 Å². The van der Waals surface area contributed by atoms with Gasteiger partial charge in [-0.2, -0.15) is 0 Å². The molecule has 1 aromatic carbocycles. The number of allylic oxidation sites excluding steroid dienone is 1. The van der Waals surface area contributed by atoms with Crippen LogP contribution in [0.15, 0.2) is 47.8 Å². The molecule has 0 aliphatic heterocycles. The van der Waals surface area contributed by atoms with Crippen LogP contribution in [-0.2, 0) is 6.54 Å². The molecule has 0 saturated heterocycles. The van der Waals surface area contributed by atoms with E-state index in [1.165, 1.54) is 4.57 Å². The van der Waals surface area contributed by atoms with E-state index < -0.39 is 11.4 Å². The van der Waals surface area contributed by atoms with Crippen molar-refractivity contribution in [2.24, 2.45) is 0 Å². The molecule has 0 aliphatic rings. The number of aromatic nitrogens is 2. The van der Waals surface area contributed by atoms with Gasteiger partial charge in [-0.25, -0.2) is 0 Å². The largest absolute Gasteiger partial charge is 0.859 e. The average molecular weight is 259 g/mol. The number of hydrogen-bond acceptors (Lipinski definition) is 3. The van der Waals surface area contributed by atoms with Crippen LogP contribution in [0.4, 0.5) is 0 Å². The second-order valence-corrected chi connectivity index (χ2v) is 4.09. The van der Waals surface area contributed by atoms with Gasteiger partial charge in [0.25, 0.3) is 5.56 Å². The second kappa shape index (κ2) is 5.01. The SMILES string of the molecule is C=CCn1c([O-])c(-c2ccccc2)c(=O)[nH]c1=S. The average Bonchev–Trinajstić information content (AvgIpc) is 2.35. The summed E-state index contributed by atoms with van der Waals surface area (Å²) in [6.45, 7) is 3.84. The summed E-state index contributed by atoms with van der Waals surface area (Å²) >= 11 is 4.96. The zero-order valence-corrected chi connectivity index (χ0v) is 10.4. The molecule has 2 rings (SSSR count). The Morgan fingerprint density at radius 3 is 2.67 bits per heavy atom. The Balaban J connectivity index is 2.76. The number of H-pyrrole nitrogens is 1. The minimum Gasteiger partial charge on any atom is -0.859 e. The summed E-state index contributed by atoms with van der Waals surface area (Å²) in [4.78, 5) is 14.4. The maximum Gasteiger partial charge on any atom is 0.258 e. The van der Waals surface area contributed by atoms with Crippen LogP contribution in [0.1, 0.15) is 0 Å². The summed E-state index contributed by atoms with van der Waals surface area (Å²) in [6.07, 6.45) is 1.56. The van der Waals surface area contributed by atoms with E-state index >= 15 is 0 Å². The van der Waals surface area contributed by atoms with Crippen molar-refractivity contribution in [2.75, 3.05) is 0 Å². The molecule has 0 aliphatic carbocycles. The number of rotatable bonds is 3. The second-order valence-electron chi connectivity index (χ2n) is 3.70. The van der Waals surface area contributed by atoms with E-state index in [4.69, 9.17) is 12.2 Å². The fourth-order valence-electron chi connectivity index (χ4n) is 1.71. The van der Waals surface area contributed by atoms with Crippen LogP contribution >= 0.6 is 12.2 Å². The summed E-state index contributed by atoms with van der Waals surface area (Å²) < 4.78 is 1.43. The molecule has 1 aromatic heterocycles. The third-order valence-corrected chi connectivity index (χ3v) is 2.85. The summed E-state index contributed by atoms with van der Waals surface area (Å²) in [6, 6.07) is 8.79. The number of hydrogen-bond donors (Lipinski definition) is 1. The molecule has 0 saturated carbocycles. The van der Waals surface area contributed by atoms with Gasteiger partial charge in [0.15, 0.2) is 4.77 Å². The van der Waals surface area contributed by atoms with Gasteiger partial charge in [-0.1, -0.05) is 36.4 Å². The maximum atomic E-state index is 12.2. The van der Waals surface area contributed by atoms with Crippen molar-refractivity contribution in [3.8, 4) is 17.0 Å². The van der Waals surface area contributed by atoms with Gasteiger partial charge in [-0.15, -0.1) is 6.58 Å². The number of aromatic amines is 1. The van der Waals surface area contributed by atoms with E-state index in [1.54, 1.807) is 30.3 Å². The lowest BCUT2D eigenvalue weighted by atomic mass is 10.1. The number of nitrogens with one attached hydrogen (secondary N) is 1. The summed E-state index contributed by atoms with van der Waals surface area (Å²) in [5.41, 5.74) is 0.221. The van der Waals surface area contributed by atoms with Crippen LogP contribution < -0.4 is 10.7 Å². The lowest BCUT2D eigenvalue weighted by molar-refractivity contribution is -0.278. The van der Waals surface area contributed by atoms with E-state index in [1.807, 2.05) is 6.07 Å². The molecule has 0 bridgehead atoms. The van der Waals surface area contributed by atoms with Gasteiger partial charge in [0.05, 0.1) is 5.56 Å². The van der Waals surface area contributed by atoms with Gasteiger partial charge in [0.2, 0.25) is 0 Å². The highest BCUT2D eigenvalue weighted by molar-refractivity contribution is 7.71. The summed E-state index contributed by atoms with van der Waals surface area (Å²) in [5, 5.41) is 12.2. The smallest absolute Gasteiger partial charge is 0.258 e. The van der Waals surface area contributed by atoms with Crippen molar-refractivity contribution in [1.29, 1.82) is 0 Å². The molecule has 5 heteroatoms. The summed E-state index contributed by atoms with van der Waals surface area (Å²) in [7, 11) is 0. The van der Waals surface area contributed by atoms with E-state index in [2.05, 4.69) is 11.6 Å². The van der Waals surface area contributed by atoms with Crippen molar-refractivity contribution < 1.29 is 5.11 Å². The Hall–Kier alpha value is -2.14. The van der Waals surface area contributed by atoms with Crippen LogP contribution in [0.5, 0.6) is 5.88 Å². The molecule has 18 heavy (non-hydrogen) atoms. The Kier molecular flexibility index (Phi) is 3.43. The van der Waals surface area contributed by atoms with Crippen LogP contribution in [0.3, 0.4) is 0 Å². The third kappa shape index (κ3) is 2.12. The van der Waals surface area contributed by atoms with Crippen LogP contribution in [-0.4, -0.2) is 9.55 Å². The Labute approximate surface area is 109 Å². The molecule has 0 spiro atoms. The molecule has 92 valence electrons. The van der Waals surface area contributed by atoms with Crippen molar-refractivity contribution in [2.45, 2.75) is 6.54 Å². The highest BCUT2D eigenvalue weighted by Gasteiger charge is 2.07. The van der Waals surface area contributed by atoms with Gasteiger partial charge in [0, 0.05) is 6.54 Å². The van der Waals surface area contributed by atoms with Crippen LogP contribution in [0.25, 0.3) is 11.1 Å². The molecule has 4 nitrogen and oxygen atoms in total. The highest BCUT2D eigenvalue weighted by Crippen LogP contribution is 2.22. The predicted molar refractivity (Wildman–Crippen MR) is 71.0 cm³/mol.